The Kier molecular flexibility index (Phi) is 6.61. The molecule has 8 rings (SSSR count). The molecular weight excluding hydrogens is 779 g/mol. The predicted molar refractivity (Wildman–Crippen MR) is 173 cm³/mol. The number of rotatable bonds is 5. The van der Waals surface area contributed by atoms with E-state index in [1.165, 1.54) is 24.3 Å². The molecule has 0 radical (unpaired) electrons. The van der Waals surface area contributed by atoms with Crippen LogP contribution in [0, 0.1) is 0 Å². The summed E-state index contributed by atoms with van der Waals surface area (Å²) in [6, 6.07) is 4.98. The van der Waals surface area contributed by atoms with Gasteiger partial charge in [0.25, 0.3) is 0 Å². The van der Waals surface area contributed by atoms with Crippen LogP contribution in [0.3, 0.4) is 0 Å². The molecule has 0 aliphatic carbocycles. The molecule has 0 spiro atoms. The molecule has 48 heavy (non-hydrogen) atoms. The fraction of sp³-hybridized carbons (Fsp3) is 0.231. The van der Waals surface area contributed by atoms with Gasteiger partial charge in [-0.15, -0.1) is 0 Å². The van der Waals surface area contributed by atoms with Crippen molar-refractivity contribution in [1.82, 2.24) is 9.84 Å². The molecule has 0 unspecified atom stereocenters. The highest BCUT2D eigenvalue weighted by Gasteiger charge is 2.74. The van der Waals surface area contributed by atoms with E-state index >= 15 is 34.5 Å². The number of pyridine rings is 2. The van der Waals surface area contributed by atoms with Crippen molar-refractivity contribution in [3.8, 4) is 0 Å². The van der Waals surface area contributed by atoms with Crippen LogP contribution in [0.5, 0.6) is 0 Å². The Labute approximate surface area is 286 Å². The molecule has 0 bridgehead atoms. The number of halogens is 10. The van der Waals surface area contributed by atoms with Gasteiger partial charge in [0.05, 0.1) is 33.7 Å². The van der Waals surface area contributed by atoms with Crippen molar-refractivity contribution in [3.05, 3.63) is 92.7 Å². The summed E-state index contributed by atoms with van der Waals surface area (Å²) in [5, 5.41) is 0. The zero-order valence-electron chi connectivity index (χ0n) is 25.3. The first-order chi connectivity index (χ1) is 22.6. The number of aromatic nitrogens is 2. The topological polar surface area (TPSA) is 26.7 Å². The molecule has 8 heterocycles. The van der Waals surface area contributed by atoms with E-state index in [4.69, 9.17) is 0 Å². The van der Waals surface area contributed by atoms with Gasteiger partial charge in [-0.25, -0.2) is 0 Å². The second-order valence-electron chi connectivity index (χ2n) is 12.4. The molecule has 6 aliphatic rings. The highest BCUT2D eigenvalue weighted by atomic mass is 79.9. The van der Waals surface area contributed by atoms with Crippen molar-refractivity contribution in [1.29, 1.82) is 0 Å². The van der Waals surface area contributed by atoms with Crippen molar-refractivity contribution in [3.63, 3.8) is 0 Å². The minimum absolute atomic E-state index is 0.187. The minimum Gasteiger partial charge on any atom is -0.413 e. The standard InChI is InChI=1S/C26H24B4Br2F8N8/c1-3-5-17-11-21(45-23(17)15-43-27(33,34)41-13-19(31)7-9-25(41)47(43)29(45,37)38)22-12-18(6-4-2)24-16-44-28(35,36)42-14-20(32)8-10-26(42)48(44)30(39,40)46(22)24/h7-16H,3-6H2,1-2H3. The van der Waals surface area contributed by atoms with Crippen LogP contribution in [-0.2, 0) is 0 Å². The van der Waals surface area contributed by atoms with Crippen molar-refractivity contribution in [2.24, 2.45) is 0 Å². The molecule has 0 saturated heterocycles. The maximum absolute atomic E-state index is 17.0. The Morgan fingerprint density at radius 1 is 0.583 bits per heavy atom. The van der Waals surface area contributed by atoms with Crippen molar-refractivity contribution in [2.45, 2.75) is 39.5 Å². The van der Waals surface area contributed by atoms with Crippen LogP contribution in [0.4, 0.5) is 46.2 Å². The van der Waals surface area contributed by atoms with E-state index in [-0.39, 0.29) is 75.4 Å². The highest BCUT2D eigenvalue weighted by Crippen LogP contribution is 2.46. The molecule has 22 heteroatoms. The quantitative estimate of drug-likeness (QED) is 0.280. The summed E-state index contributed by atoms with van der Waals surface area (Å²) in [7, 11) is 0. The van der Waals surface area contributed by atoms with Gasteiger partial charge in [-0.05, 0) is 56.8 Å². The van der Waals surface area contributed by atoms with Gasteiger partial charge in [0, 0.05) is 35.4 Å². The molecule has 0 N–H and O–H groups in total. The number of nitrogens with zero attached hydrogens (tertiary/aromatic N) is 8. The second kappa shape index (κ2) is 10.0. The SMILES string of the molecule is CCCC1=CC(C2=[N+]3C(=CN4N(c5ccc(Br)c[n+]5[B-]4(F)F)[B-]3(F)F)C(CCC)=C2)=[N+]2C1=CN1N(c3ccc(Br)c[n+]3[B-]1(F)F)[B-]2(F)F. The smallest absolute Gasteiger partial charge is 0.413 e. The van der Waals surface area contributed by atoms with E-state index in [1.807, 2.05) is 0 Å². The summed E-state index contributed by atoms with van der Waals surface area (Å²) in [4.78, 5) is 0.913. The van der Waals surface area contributed by atoms with E-state index in [9.17, 15) is 0 Å². The first-order valence-corrected chi connectivity index (χ1v) is 17.0. The van der Waals surface area contributed by atoms with Gasteiger partial charge < -0.3 is 53.3 Å². The fourth-order valence-corrected chi connectivity index (χ4v) is 8.24. The molecule has 0 saturated carbocycles. The van der Waals surface area contributed by atoms with Gasteiger partial charge in [-0.3, -0.25) is 18.8 Å². The van der Waals surface area contributed by atoms with E-state index < -0.39 is 39.5 Å². The third kappa shape index (κ3) is 3.92. The Morgan fingerprint density at radius 3 is 1.31 bits per heavy atom. The number of fused-ring (bicyclic) bond motifs is 8. The van der Waals surface area contributed by atoms with Crippen LogP contribution in [0.15, 0.2) is 92.7 Å². The fourth-order valence-electron chi connectivity index (χ4n) is 7.53. The summed E-state index contributed by atoms with van der Waals surface area (Å²) in [6.07, 6.45) is 7.83. The van der Waals surface area contributed by atoms with E-state index in [0.29, 0.717) is 30.8 Å². The number of hydrogen-bond donors (Lipinski definition) is 0. The number of anilines is 2. The van der Waals surface area contributed by atoms with Crippen LogP contribution < -0.4 is 18.8 Å². The van der Waals surface area contributed by atoms with E-state index in [1.54, 1.807) is 13.8 Å². The van der Waals surface area contributed by atoms with Crippen molar-refractivity contribution < 1.29 is 52.5 Å². The zero-order valence-corrected chi connectivity index (χ0v) is 28.4. The highest BCUT2D eigenvalue weighted by molar-refractivity contribution is 9.10. The van der Waals surface area contributed by atoms with E-state index in [0.717, 1.165) is 36.9 Å². The Bertz CT molecular complexity index is 1910. The average molecular weight is 804 g/mol. The number of allylic oxidation sites excluding steroid dienone is 4. The first kappa shape index (κ1) is 31.7. The Morgan fingerprint density at radius 2 is 0.958 bits per heavy atom. The molecule has 6 aliphatic heterocycles. The van der Waals surface area contributed by atoms with Crippen molar-refractivity contribution >= 4 is 82.8 Å². The molecule has 0 amide bonds. The Hall–Kier alpha value is -3.54. The summed E-state index contributed by atoms with van der Waals surface area (Å²) in [5.41, 5.74) is -0.647. The molecular formula is C26H24B4Br2F8N8. The summed E-state index contributed by atoms with van der Waals surface area (Å²) in [6.45, 7) is -16.2. The third-order valence-electron chi connectivity index (χ3n) is 9.45. The average Bonchev–Trinajstić information content (AvgIpc) is 3.68. The molecule has 0 aromatic carbocycles. The lowest BCUT2D eigenvalue weighted by Crippen LogP contribution is -2.70. The maximum Gasteiger partial charge on any atom is 0.850 e. The van der Waals surface area contributed by atoms with Gasteiger partial charge in [-0.2, -0.15) is 0 Å². The molecule has 2 aromatic rings. The lowest BCUT2D eigenvalue weighted by atomic mass is 9.87. The number of hydrogen-bond acceptors (Lipinski definition) is 4. The van der Waals surface area contributed by atoms with Crippen LogP contribution in [0.25, 0.3) is 0 Å². The second-order valence-corrected chi connectivity index (χ2v) is 14.2. The molecule has 8 nitrogen and oxygen atoms in total. The molecule has 2 aromatic heterocycles. The zero-order chi connectivity index (χ0) is 34.3. The summed E-state index contributed by atoms with van der Waals surface area (Å²) in [5.74, 6) is -0.981. The number of hydrazine groups is 2. The largest absolute Gasteiger partial charge is 0.850 e. The normalized spacial score (nSPS) is 23.3. The Balaban J connectivity index is 1.40. The van der Waals surface area contributed by atoms with Gasteiger partial charge in [0.1, 0.15) is 0 Å². The van der Waals surface area contributed by atoms with Crippen LogP contribution in [-0.4, -0.2) is 58.1 Å². The minimum atomic E-state index is -5.12. The molecule has 250 valence electrons. The van der Waals surface area contributed by atoms with Crippen LogP contribution in [0.1, 0.15) is 39.5 Å². The summed E-state index contributed by atoms with van der Waals surface area (Å²) < 4.78 is 134. The monoisotopic (exact) mass is 802 g/mol. The summed E-state index contributed by atoms with van der Waals surface area (Å²) >= 11 is 6.26. The van der Waals surface area contributed by atoms with Gasteiger partial charge in [0.15, 0.2) is 11.4 Å². The predicted octanol–water partition coefficient (Wildman–Crippen LogP) is 5.85. The van der Waals surface area contributed by atoms with Crippen LogP contribution >= 0.6 is 31.9 Å². The lowest BCUT2D eigenvalue weighted by molar-refractivity contribution is -0.550. The third-order valence-corrected chi connectivity index (χ3v) is 10.4. The van der Waals surface area contributed by atoms with Gasteiger partial charge in [0.2, 0.25) is 23.1 Å². The van der Waals surface area contributed by atoms with Gasteiger partial charge in [-0.1, -0.05) is 26.7 Å². The van der Waals surface area contributed by atoms with Crippen LogP contribution in [0.2, 0.25) is 0 Å². The molecule has 0 atom stereocenters. The maximum atomic E-state index is 17.0. The van der Waals surface area contributed by atoms with E-state index in [2.05, 4.69) is 31.9 Å². The lowest BCUT2D eigenvalue weighted by Gasteiger charge is -2.41. The first-order valence-electron chi connectivity index (χ1n) is 15.4. The van der Waals surface area contributed by atoms with Crippen molar-refractivity contribution in [2.75, 3.05) is 9.84 Å². The molecule has 0 fully saturated rings. The van der Waals surface area contributed by atoms with Gasteiger partial charge >= 0.3 is 27.9 Å².